The molecule has 0 aromatic heterocycles. The van der Waals surface area contributed by atoms with Crippen LogP contribution in [0.1, 0.15) is 37.2 Å². The largest absolute Gasteiger partial charge is 0.480 e. The summed E-state index contributed by atoms with van der Waals surface area (Å²) >= 11 is 3.41. The molecular formula is C13H16BrNO2. The lowest BCUT2D eigenvalue weighted by atomic mass is 9.75. The Morgan fingerprint density at radius 1 is 1.29 bits per heavy atom. The quantitative estimate of drug-likeness (QED) is 0.882. The zero-order chi connectivity index (χ0) is 12.5. The molecule has 1 aromatic rings. The van der Waals surface area contributed by atoms with Crippen molar-refractivity contribution in [1.82, 2.24) is 0 Å². The molecule has 0 saturated heterocycles. The van der Waals surface area contributed by atoms with Crippen molar-refractivity contribution in [3.63, 3.8) is 0 Å². The Hall–Kier alpha value is -0.870. The van der Waals surface area contributed by atoms with E-state index in [4.69, 9.17) is 10.8 Å². The van der Waals surface area contributed by atoms with Gasteiger partial charge in [-0.05, 0) is 49.3 Å². The number of rotatable bonds is 2. The molecule has 0 radical (unpaired) electrons. The molecule has 3 N–H and O–H groups in total. The van der Waals surface area contributed by atoms with E-state index < -0.39 is 11.5 Å². The van der Waals surface area contributed by atoms with Crippen molar-refractivity contribution in [2.45, 2.75) is 37.1 Å². The van der Waals surface area contributed by atoms with E-state index in [0.29, 0.717) is 18.8 Å². The SMILES string of the molecule is NC1(C(=O)O)CCC(c2ccc(Br)cc2)CC1. The minimum Gasteiger partial charge on any atom is -0.480 e. The molecule has 0 heterocycles. The van der Waals surface area contributed by atoms with Gasteiger partial charge in [0.25, 0.3) is 0 Å². The number of nitrogens with two attached hydrogens (primary N) is 1. The number of carboxylic acid groups (broad SMARTS) is 1. The molecule has 92 valence electrons. The van der Waals surface area contributed by atoms with Gasteiger partial charge in [0.05, 0.1) is 0 Å². The molecule has 0 atom stereocenters. The first kappa shape index (κ1) is 12.6. The summed E-state index contributed by atoms with van der Waals surface area (Å²) in [6.45, 7) is 0. The van der Waals surface area contributed by atoms with Gasteiger partial charge in [-0.3, -0.25) is 4.79 Å². The van der Waals surface area contributed by atoms with Crippen LogP contribution in [-0.2, 0) is 4.79 Å². The monoisotopic (exact) mass is 297 g/mol. The molecule has 2 rings (SSSR count). The van der Waals surface area contributed by atoms with Crippen LogP contribution < -0.4 is 5.73 Å². The second kappa shape index (κ2) is 4.78. The second-order valence-electron chi connectivity index (χ2n) is 4.79. The van der Waals surface area contributed by atoms with Gasteiger partial charge in [-0.2, -0.15) is 0 Å². The molecule has 4 heteroatoms. The molecule has 1 saturated carbocycles. The van der Waals surface area contributed by atoms with Crippen molar-refractivity contribution in [2.75, 3.05) is 0 Å². The van der Waals surface area contributed by atoms with Crippen molar-refractivity contribution in [3.8, 4) is 0 Å². The summed E-state index contributed by atoms with van der Waals surface area (Å²) in [4.78, 5) is 11.0. The first-order valence-electron chi connectivity index (χ1n) is 5.79. The standard InChI is InChI=1S/C13H16BrNO2/c14-11-3-1-9(2-4-11)10-5-7-13(15,8-6-10)12(16)17/h1-4,10H,5-8,15H2,(H,16,17). The smallest absolute Gasteiger partial charge is 0.323 e. The number of aliphatic carboxylic acids is 1. The molecule has 0 aliphatic heterocycles. The van der Waals surface area contributed by atoms with E-state index in [1.54, 1.807) is 0 Å². The summed E-state index contributed by atoms with van der Waals surface area (Å²) in [5.74, 6) is -0.425. The molecule has 1 aliphatic carbocycles. The Morgan fingerprint density at radius 3 is 2.29 bits per heavy atom. The summed E-state index contributed by atoms with van der Waals surface area (Å²) in [7, 11) is 0. The molecule has 1 fully saturated rings. The van der Waals surface area contributed by atoms with E-state index >= 15 is 0 Å². The van der Waals surface area contributed by atoms with Crippen LogP contribution in [0, 0.1) is 0 Å². The van der Waals surface area contributed by atoms with Gasteiger partial charge in [0.15, 0.2) is 0 Å². The molecule has 0 bridgehead atoms. The Morgan fingerprint density at radius 2 is 1.82 bits per heavy atom. The van der Waals surface area contributed by atoms with Crippen molar-refractivity contribution in [2.24, 2.45) is 5.73 Å². The van der Waals surface area contributed by atoms with Crippen LogP contribution in [0.15, 0.2) is 28.7 Å². The van der Waals surface area contributed by atoms with Gasteiger partial charge in [-0.25, -0.2) is 0 Å². The predicted octanol–water partition coefficient (Wildman–Crippen LogP) is 2.89. The number of carbonyl (C=O) groups is 1. The van der Waals surface area contributed by atoms with Crippen LogP contribution >= 0.6 is 15.9 Å². The number of halogens is 1. The average Bonchev–Trinajstić information content (AvgIpc) is 2.31. The lowest BCUT2D eigenvalue weighted by Gasteiger charge is -2.33. The van der Waals surface area contributed by atoms with Crippen LogP contribution in [-0.4, -0.2) is 16.6 Å². The molecule has 1 aromatic carbocycles. The summed E-state index contributed by atoms with van der Waals surface area (Å²) in [6, 6.07) is 8.24. The molecule has 1 aliphatic rings. The van der Waals surface area contributed by atoms with Crippen molar-refractivity contribution in [1.29, 1.82) is 0 Å². The molecule has 0 amide bonds. The average molecular weight is 298 g/mol. The summed E-state index contributed by atoms with van der Waals surface area (Å²) in [5.41, 5.74) is 6.13. The normalized spacial score (nSPS) is 28.9. The highest BCUT2D eigenvalue weighted by molar-refractivity contribution is 9.10. The van der Waals surface area contributed by atoms with Gasteiger partial charge in [0.2, 0.25) is 0 Å². The van der Waals surface area contributed by atoms with Crippen LogP contribution in [0.4, 0.5) is 0 Å². The minimum atomic E-state index is -1.01. The Balaban J connectivity index is 2.04. The van der Waals surface area contributed by atoms with Crippen LogP contribution in [0.25, 0.3) is 0 Å². The highest BCUT2D eigenvalue weighted by Gasteiger charge is 2.38. The fourth-order valence-corrected chi connectivity index (χ4v) is 2.68. The van der Waals surface area contributed by atoms with Gasteiger partial charge in [-0.1, -0.05) is 28.1 Å². The van der Waals surface area contributed by atoms with E-state index in [2.05, 4.69) is 28.1 Å². The molecule has 3 nitrogen and oxygen atoms in total. The lowest BCUT2D eigenvalue weighted by molar-refractivity contribution is -0.144. The molecule has 0 unspecified atom stereocenters. The van der Waals surface area contributed by atoms with Crippen molar-refractivity contribution in [3.05, 3.63) is 34.3 Å². The number of benzene rings is 1. The van der Waals surface area contributed by atoms with E-state index in [0.717, 1.165) is 17.3 Å². The Kier molecular flexibility index (Phi) is 3.54. The van der Waals surface area contributed by atoms with Gasteiger partial charge in [0.1, 0.15) is 5.54 Å². The van der Waals surface area contributed by atoms with Crippen LogP contribution in [0.3, 0.4) is 0 Å². The predicted molar refractivity (Wildman–Crippen MR) is 69.9 cm³/mol. The summed E-state index contributed by atoms with van der Waals surface area (Å²) in [5, 5.41) is 9.06. The first-order chi connectivity index (χ1) is 8.01. The summed E-state index contributed by atoms with van der Waals surface area (Å²) in [6.07, 6.45) is 2.82. The third-order valence-corrected chi connectivity index (χ3v) is 4.17. The van der Waals surface area contributed by atoms with Crippen molar-refractivity contribution < 1.29 is 9.90 Å². The van der Waals surface area contributed by atoms with Crippen LogP contribution in [0.5, 0.6) is 0 Å². The number of hydrogen-bond donors (Lipinski definition) is 2. The van der Waals surface area contributed by atoms with Gasteiger partial charge in [-0.15, -0.1) is 0 Å². The zero-order valence-electron chi connectivity index (χ0n) is 9.53. The van der Waals surface area contributed by atoms with E-state index in [1.165, 1.54) is 5.56 Å². The number of hydrogen-bond acceptors (Lipinski definition) is 2. The molecule has 17 heavy (non-hydrogen) atoms. The van der Waals surface area contributed by atoms with E-state index in [-0.39, 0.29) is 0 Å². The van der Waals surface area contributed by atoms with Crippen LogP contribution in [0.2, 0.25) is 0 Å². The van der Waals surface area contributed by atoms with E-state index in [9.17, 15) is 4.79 Å². The summed E-state index contributed by atoms with van der Waals surface area (Å²) < 4.78 is 1.07. The Bertz CT molecular complexity index is 408. The minimum absolute atomic E-state index is 0.444. The fraction of sp³-hybridized carbons (Fsp3) is 0.462. The molecular weight excluding hydrogens is 282 g/mol. The maximum Gasteiger partial charge on any atom is 0.323 e. The fourth-order valence-electron chi connectivity index (χ4n) is 2.42. The maximum atomic E-state index is 11.0. The van der Waals surface area contributed by atoms with Gasteiger partial charge >= 0.3 is 5.97 Å². The molecule has 0 spiro atoms. The number of carboxylic acids is 1. The third-order valence-electron chi connectivity index (χ3n) is 3.65. The maximum absolute atomic E-state index is 11.0. The zero-order valence-corrected chi connectivity index (χ0v) is 11.1. The van der Waals surface area contributed by atoms with Gasteiger partial charge < -0.3 is 10.8 Å². The van der Waals surface area contributed by atoms with Gasteiger partial charge in [0, 0.05) is 4.47 Å². The first-order valence-corrected chi connectivity index (χ1v) is 6.58. The Labute approximate surface area is 109 Å². The second-order valence-corrected chi connectivity index (χ2v) is 5.70. The van der Waals surface area contributed by atoms with E-state index in [1.807, 2.05) is 12.1 Å². The lowest BCUT2D eigenvalue weighted by Crippen LogP contribution is -2.50. The highest BCUT2D eigenvalue weighted by atomic mass is 79.9. The topological polar surface area (TPSA) is 63.3 Å². The highest BCUT2D eigenvalue weighted by Crippen LogP contribution is 2.37. The third kappa shape index (κ3) is 2.69. The van der Waals surface area contributed by atoms with Crippen molar-refractivity contribution >= 4 is 21.9 Å².